The summed E-state index contributed by atoms with van der Waals surface area (Å²) in [5, 5.41) is 6.89. The maximum Gasteiger partial charge on any atom is 0.170 e. The molecule has 4 aromatic rings. The second-order valence-electron chi connectivity index (χ2n) is 8.74. The van der Waals surface area contributed by atoms with Crippen LogP contribution in [0.4, 0.5) is 0 Å². The SMILES string of the molecule is O=C(Cc1ccc2c(c1)CCCCC2)c1ccc(-c2cn[nH]c2)cc1OCc1ccccc1. The summed E-state index contributed by atoms with van der Waals surface area (Å²) < 4.78 is 6.18. The van der Waals surface area contributed by atoms with E-state index in [1.54, 1.807) is 6.20 Å². The average molecular weight is 437 g/mol. The number of carbonyl (C=O) groups excluding carboxylic acids is 1. The molecule has 4 heteroatoms. The normalized spacial score (nSPS) is 13.2. The Labute approximate surface area is 194 Å². The van der Waals surface area contributed by atoms with Crippen molar-refractivity contribution in [2.75, 3.05) is 0 Å². The van der Waals surface area contributed by atoms with Gasteiger partial charge in [0.2, 0.25) is 0 Å². The van der Waals surface area contributed by atoms with Crippen LogP contribution in [-0.4, -0.2) is 16.0 Å². The Morgan fingerprint density at radius 3 is 2.52 bits per heavy atom. The molecule has 1 aromatic heterocycles. The van der Waals surface area contributed by atoms with Crippen molar-refractivity contribution >= 4 is 5.78 Å². The fourth-order valence-electron chi connectivity index (χ4n) is 4.55. The van der Waals surface area contributed by atoms with Crippen molar-refractivity contribution in [2.45, 2.75) is 45.1 Å². The minimum absolute atomic E-state index is 0.0744. The quantitative estimate of drug-likeness (QED) is 0.271. The van der Waals surface area contributed by atoms with Gasteiger partial charge in [-0.25, -0.2) is 0 Å². The number of aromatic nitrogens is 2. The van der Waals surface area contributed by atoms with Crippen LogP contribution in [0.1, 0.15) is 51.9 Å². The number of aromatic amines is 1. The lowest BCUT2D eigenvalue weighted by Crippen LogP contribution is -2.08. The number of H-pyrrole nitrogens is 1. The van der Waals surface area contributed by atoms with Crippen LogP contribution >= 0.6 is 0 Å². The molecule has 5 rings (SSSR count). The maximum atomic E-state index is 13.4. The Balaban J connectivity index is 1.41. The summed E-state index contributed by atoms with van der Waals surface area (Å²) in [4.78, 5) is 13.4. The molecule has 0 atom stereocenters. The van der Waals surface area contributed by atoms with Gasteiger partial charge in [0.25, 0.3) is 0 Å². The van der Waals surface area contributed by atoms with E-state index in [1.165, 1.54) is 30.4 Å². The first kappa shape index (κ1) is 21.2. The molecule has 0 spiro atoms. The molecule has 0 bridgehead atoms. The highest BCUT2D eigenvalue weighted by molar-refractivity contribution is 6.00. The fraction of sp³-hybridized carbons (Fsp3) is 0.241. The number of aryl methyl sites for hydroxylation is 2. The molecule has 0 radical (unpaired) electrons. The molecule has 0 saturated carbocycles. The van der Waals surface area contributed by atoms with E-state index in [2.05, 4.69) is 28.4 Å². The van der Waals surface area contributed by atoms with Crippen molar-refractivity contribution in [3.05, 3.63) is 107 Å². The standard InChI is InChI=1S/C29H28N2O2/c32-28(16-22-11-12-23-9-5-2-6-10-24(23)15-22)27-14-13-25(26-18-30-31-19-26)17-29(27)33-20-21-7-3-1-4-8-21/h1,3-4,7-8,11-15,17-19H,2,5-6,9-10,16,20H2,(H,30,31). The smallest absolute Gasteiger partial charge is 0.170 e. The predicted molar refractivity (Wildman–Crippen MR) is 131 cm³/mol. The maximum absolute atomic E-state index is 13.4. The molecule has 0 aliphatic heterocycles. The fourth-order valence-corrected chi connectivity index (χ4v) is 4.55. The number of ether oxygens (including phenoxy) is 1. The third-order valence-electron chi connectivity index (χ3n) is 6.38. The van der Waals surface area contributed by atoms with E-state index in [4.69, 9.17) is 4.74 Å². The molecule has 0 saturated heterocycles. The Bertz CT molecular complexity index is 1230. The second kappa shape index (κ2) is 9.86. The van der Waals surface area contributed by atoms with Gasteiger partial charge in [0.15, 0.2) is 5.78 Å². The molecule has 4 nitrogen and oxygen atoms in total. The summed E-state index contributed by atoms with van der Waals surface area (Å²) in [6.45, 7) is 0.412. The molecule has 0 amide bonds. The van der Waals surface area contributed by atoms with Gasteiger partial charge in [-0.05, 0) is 65.6 Å². The van der Waals surface area contributed by atoms with E-state index >= 15 is 0 Å². The molecule has 1 aliphatic carbocycles. The molecule has 1 heterocycles. The highest BCUT2D eigenvalue weighted by Crippen LogP contribution is 2.29. The molecule has 3 aromatic carbocycles. The Hall–Kier alpha value is -3.66. The minimum atomic E-state index is 0.0744. The Morgan fingerprint density at radius 1 is 0.848 bits per heavy atom. The highest BCUT2D eigenvalue weighted by atomic mass is 16.5. The number of rotatable bonds is 7. The number of hydrogen-bond acceptors (Lipinski definition) is 3. The summed E-state index contributed by atoms with van der Waals surface area (Å²) >= 11 is 0. The van der Waals surface area contributed by atoms with E-state index in [0.29, 0.717) is 24.3 Å². The minimum Gasteiger partial charge on any atom is -0.488 e. The summed E-state index contributed by atoms with van der Waals surface area (Å²) in [7, 11) is 0. The lowest BCUT2D eigenvalue weighted by Gasteiger charge is -2.14. The molecule has 1 N–H and O–H groups in total. The number of nitrogens with one attached hydrogen (secondary N) is 1. The number of hydrogen-bond donors (Lipinski definition) is 1. The van der Waals surface area contributed by atoms with E-state index in [9.17, 15) is 4.79 Å². The van der Waals surface area contributed by atoms with Crippen molar-refractivity contribution in [3.8, 4) is 16.9 Å². The first-order valence-corrected chi connectivity index (χ1v) is 11.7. The highest BCUT2D eigenvalue weighted by Gasteiger charge is 2.17. The number of Topliss-reactive ketones (excluding diaryl/α,β-unsaturated/α-hetero) is 1. The molecule has 1 aliphatic rings. The lowest BCUT2D eigenvalue weighted by atomic mass is 9.95. The monoisotopic (exact) mass is 436 g/mol. The zero-order valence-corrected chi connectivity index (χ0v) is 18.7. The molecule has 166 valence electrons. The first-order valence-electron chi connectivity index (χ1n) is 11.7. The number of ketones is 1. The third kappa shape index (κ3) is 5.06. The Morgan fingerprint density at radius 2 is 1.70 bits per heavy atom. The van der Waals surface area contributed by atoms with Crippen LogP contribution in [0.3, 0.4) is 0 Å². The van der Waals surface area contributed by atoms with Gasteiger partial charge in [-0.3, -0.25) is 9.89 Å². The molecular weight excluding hydrogens is 408 g/mol. The van der Waals surface area contributed by atoms with Gasteiger partial charge in [0, 0.05) is 18.2 Å². The van der Waals surface area contributed by atoms with E-state index in [0.717, 1.165) is 35.1 Å². The first-order chi connectivity index (χ1) is 16.3. The van der Waals surface area contributed by atoms with Crippen molar-refractivity contribution in [2.24, 2.45) is 0 Å². The number of carbonyl (C=O) groups is 1. The second-order valence-corrected chi connectivity index (χ2v) is 8.74. The van der Waals surface area contributed by atoms with Crippen molar-refractivity contribution in [1.29, 1.82) is 0 Å². The van der Waals surface area contributed by atoms with E-state index in [-0.39, 0.29) is 5.78 Å². The largest absolute Gasteiger partial charge is 0.488 e. The van der Waals surface area contributed by atoms with Crippen LogP contribution in [-0.2, 0) is 25.9 Å². The van der Waals surface area contributed by atoms with Gasteiger partial charge in [-0.15, -0.1) is 0 Å². The summed E-state index contributed by atoms with van der Waals surface area (Å²) in [5.41, 5.74) is 7.54. The van der Waals surface area contributed by atoms with Crippen molar-refractivity contribution in [1.82, 2.24) is 10.2 Å². The van der Waals surface area contributed by atoms with Crippen LogP contribution in [0.25, 0.3) is 11.1 Å². The van der Waals surface area contributed by atoms with Crippen LogP contribution in [0.15, 0.2) is 79.1 Å². The predicted octanol–water partition coefficient (Wildman–Crippen LogP) is 6.35. The molecule has 0 unspecified atom stereocenters. The van der Waals surface area contributed by atoms with Gasteiger partial charge in [0.05, 0.1) is 11.8 Å². The van der Waals surface area contributed by atoms with Crippen LogP contribution in [0.5, 0.6) is 5.75 Å². The summed E-state index contributed by atoms with van der Waals surface area (Å²) in [5.74, 6) is 0.683. The number of benzene rings is 3. The summed E-state index contributed by atoms with van der Waals surface area (Å²) in [6, 6.07) is 22.4. The van der Waals surface area contributed by atoms with Crippen molar-refractivity contribution in [3.63, 3.8) is 0 Å². The zero-order valence-electron chi connectivity index (χ0n) is 18.7. The van der Waals surface area contributed by atoms with Crippen LogP contribution in [0.2, 0.25) is 0 Å². The third-order valence-corrected chi connectivity index (χ3v) is 6.38. The summed E-state index contributed by atoms with van der Waals surface area (Å²) in [6.07, 6.45) is 10.0. The van der Waals surface area contributed by atoms with Crippen molar-refractivity contribution < 1.29 is 9.53 Å². The van der Waals surface area contributed by atoms with Gasteiger partial charge < -0.3 is 4.74 Å². The molecular formula is C29H28N2O2. The van der Waals surface area contributed by atoms with E-state index in [1.807, 2.05) is 54.7 Å². The van der Waals surface area contributed by atoms with E-state index < -0.39 is 0 Å². The van der Waals surface area contributed by atoms with Crippen LogP contribution in [0, 0.1) is 0 Å². The number of nitrogens with zero attached hydrogens (tertiary/aromatic N) is 1. The van der Waals surface area contributed by atoms with Gasteiger partial charge in [-0.1, -0.05) is 61.0 Å². The Kier molecular flexibility index (Phi) is 6.34. The number of fused-ring (bicyclic) bond motifs is 1. The molecule has 0 fully saturated rings. The van der Waals surface area contributed by atoms with Gasteiger partial charge in [0.1, 0.15) is 12.4 Å². The van der Waals surface area contributed by atoms with Crippen LogP contribution < -0.4 is 4.74 Å². The lowest BCUT2D eigenvalue weighted by molar-refractivity contribution is 0.0988. The molecule has 33 heavy (non-hydrogen) atoms. The average Bonchev–Trinajstić information content (AvgIpc) is 3.29. The van der Waals surface area contributed by atoms with Gasteiger partial charge >= 0.3 is 0 Å². The topological polar surface area (TPSA) is 55.0 Å². The van der Waals surface area contributed by atoms with Gasteiger partial charge in [-0.2, -0.15) is 5.10 Å². The zero-order chi connectivity index (χ0) is 22.5.